The van der Waals surface area contributed by atoms with Gasteiger partial charge in [-0.25, -0.2) is 4.79 Å². The van der Waals surface area contributed by atoms with Crippen molar-refractivity contribution in [3.8, 4) is 0 Å². The SMILES string of the molecule is CC(=O)O.CCCC(OC(=O)NCC1CCCCC1)OC(=O)C(C)(C)C. The molecule has 0 radical (unpaired) electrons. The predicted molar refractivity (Wildman–Crippen MR) is 98.6 cm³/mol. The van der Waals surface area contributed by atoms with Gasteiger partial charge in [0.1, 0.15) is 0 Å². The van der Waals surface area contributed by atoms with Crippen LogP contribution < -0.4 is 5.32 Å². The van der Waals surface area contributed by atoms with E-state index in [4.69, 9.17) is 19.4 Å². The van der Waals surface area contributed by atoms with Gasteiger partial charge in [0, 0.05) is 19.9 Å². The molecule has 0 saturated heterocycles. The lowest BCUT2D eigenvalue weighted by Gasteiger charge is -2.24. The number of amides is 1. The zero-order chi connectivity index (χ0) is 20.2. The maximum atomic E-state index is 11.9. The topological polar surface area (TPSA) is 102 Å². The maximum absolute atomic E-state index is 11.9. The summed E-state index contributed by atoms with van der Waals surface area (Å²) in [6.45, 7) is 9.02. The van der Waals surface area contributed by atoms with E-state index in [0.717, 1.165) is 26.2 Å². The van der Waals surface area contributed by atoms with E-state index in [1.165, 1.54) is 19.3 Å². The highest BCUT2D eigenvalue weighted by molar-refractivity contribution is 5.75. The second-order valence-electron chi connectivity index (χ2n) is 7.68. The zero-order valence-corrected chi connectivity index (χ0v) is 16.8. The van der Waals surface area contributed by atoms with Crippen molar-refractivity contribution in [2.45, 2.75) is 85.9 Å². The van der Waals surface area contributed by atoms with Crippen LogP contribution in [0.2, 0.25) is 0 Å². The van der Waals surface area contributed by atoms with Crippen LogP contribution in [0.3, 0.4) is 0 Å². The highest BCUT2D eigenvalue weighted by Gasteiger charge is 2.28. The second-order valence-corrected chi connectivity index (χ2v) is 7.68. The Kier molecular flexibility index (Phi) is 11.7. The van der Waals surface area contributed by atoms with Crippen molar-refractivity contribution >= 4 is 18.0 Å². The molecule has 0 heterocycles. The van der Waals surface area contributed by atoms with E-state index in [1.54, 1.807) is 20.8 Å². The molecule has 0 spiro atoms. The number of rotatable bonds is 6. The van der Waals surface area contributed by atoms with Gasteiger partial charge in [-0.3, -0.25) is 9.59 Å². The summed E-state index contributed by atoms with van der Waals surface area (Å²) in [4.78, 5) is 32.8. The molecule has 26 heavy (non-hydrogen) atoms. The van der Waals surface area contributed by atoms with Crippen LogP contribution >= 0.6 is 0 Å². The molecule has 7 nitrogen and oxygen atoms in total. The Balaban J connectivity index is 0.00000141. The molecule has 0 bridgehead atoms. The molecule has 1 unspecified atom stereocenters. The van der Waals surface area contributed by atoms with Gasteiger partial charge in [0.25, 0.3) is 5.97 Å². The van der Waals surface area contributed by atoms with Gasteiger partial charge >= 0.3 is 12.1 Å². The van der Waals surface area contributed by atoms with E-state index < -0.39 is 23.8 Å². The fraction of sp³-hybridized carbons (Fsp3) is 0.842. The molecule has 1 aliphatic carbocycles. The first-order valence-corrected chi connectivity index (χ1v) is 9.41. The summed E-state index contributed by atoms with van der Waals surface area (Å²) in [5, 5.41) is 10.2. The van der Waals surface area contributed by atoms with Crippen molar-refractivity contribution in [1.82, 2.24) is 5.32 Å². The molecule has 152 valence electrons. The quantitative estimate of drug-likeness (QED) is 0.537. The summed E-state index contributed by atoms with van der Waals surface area (Å²) < 4.78 is 10.6. The van der Waals surface area contributed by atoms with Crippen molar-refractivity contribution in [2.75, 3.05) is 6.54 Å². The average Bonchev–Trinajstić information content (AvgIpc) is 2.52. The second kappa shape index (κ2) is 12.5. The number of carboxylic acids is 1. The monoisotopic (exact) mass is 373 g/mol. The lowest BCUT2D eigenvalue weighted by Crippen LogP contribution is -2.36. The third kappa shape index (κ3) is 12.6. The first-order valence-electron chi connectivity index (χ1n) is 9.41. The largest absolute Gasteiger partial charge is 0.481 e. The maximum Gasteiger partial charge on any atom is 0.410 e. The molecule has 0 aromatic heterocycles. The number of ether oxygens (including phenoxy) is 2. The van der Waals surface area contributed by atoms with Gasteiger partial charge in [-0.1, -0.05) is 26.2 Å². The Labute approximate surface area is 156 Å². The van der Waals surface area contributed by atoms with Crippen LogP contribution in [0.1, 0.15) is 79.6 Å². The third-order valence-corrected chi connectivity index (χ3v) is 3.87. The van der Waals surface area contributed by atoms with Gasteiger partial charge < -0.3 is 19.9 Å². The summed E-state index contributed by atoms with van der Waals surface area (Å²) in [5.74, 6) is -0.644. The molecule has 1 saturated carbocycles. The first kappa shape index (κ1) is 24.2. The van der Waals surface area contributed by atoms with E-state index in [2.05, 4.69) is 5.32 Å². The fourth-order valence-electron chi connectivity index (χ4n) is 2.45. The van der Waals surface area contributed by atoms with Gasteiger partial charge in [0.2, 0.25) is 6.29 Å². The fourth-order valence-corrected chi connectivity index (χ4v) is 2.45. The van der Waals surface area contributed by atoms with Crippen molar-refractivity contribution in [3.63, 3.8) is 0 Å². The standard InChI is InChI=1S/C17H31NO4.C2H4O2/c1-5-9-14(21-15(19)17(2,3)4)22-16(20)18-12-13-10-7-6-8-11-13;1-2(3)4/h13-14H,5-12H2,1-4H3,(H,18,20);1H3,(H,3,4). The lowest BCUT2D eigenvalue weighted by atomic mass is 9.89. The molecule has 1 fully saturated rings. The van der Waals surface area contributed by atoms with E-state index in [9.17, 15) is 9.59 Å². The van der Waals surface area contributed by atoms with E-state index in [0.29, 0.717) is 18.9 Å². The molecular formula is C19H35NO6. The molecule has 0 aromatic rings. The summed E-state index contributed by atoms with van der Waals surface area (Å²) in [5.41, 5.74) is -0.603. The molecule has 2 N–H and O–H groups in total. The lowest BCUT2D eigenvalue weighted by molar-refractivity contribution is -0.178. The average molecular weight is 373 g/mol. The predicted octanol–water partition coefficient (Wildman–Crippen LogP) is 4.10. The summed E-state index contributed by atoms with van der Waals surface area (Å²) >= 11 is 0. The Morgan fingerprint density at radius 3 is 2.12 bits per heavy atom. The van der Waals surface area contributed by atoms with Crippen molar-refractivity contribution in [3.05, 3.63) is 0 Å². The number of hydrogen-bond acceptors (Lipinski definition) is 5. The molecular weight excluding hydrogens is 338 g/mol. The van der Waals surface area contributed by atoms with Crippen LogP contribution in [0, 0.1) is 11.3 Å². The smallest absolute Gasteiger partial charge is 0.410 e. The van der Waals surface area contributed by atoms with Gasteiger partial charge in [0.05, 0.1) is 5.41 Å². The number of esters is 1. The summed E-state index contributed by atoms with van der Waals surface area (Å²) in [6.07, 6.45) is 6.09. The zero-order valence-electron chi connectivity index (χ0n) is 16.8. The number of aliphatic carboxylic acids is 1. The van der Waals surface area contributed by atoms with Crippen molar-refractivity contribution in [2.24, 2.45) is 11.3 Å². The highest BCUT2D eigenvalue weighted by atomic mass is 16.7. The minimum atomic E-state index is -0.833. The first-order chi connectivity index (χ1) is 12.1. The number of hydrogen-bond donors (Lipinski definition) is 2. The normalized spacial score (nSPS) is 15.9. The van der Waals surface area contributed by atoms with Crippen LogP contribution in [0.5, 0.6) is 0 Å². The minimum absolute atomic E-state index is 0.356. The molecule has 0 aliphatic heterocycles. The van der Waals surface area contributed by atoms with Crippen molar-refractivity contribution < 1.29 is 29.0 Å². The Morgan fingerprint density at radius 2 is 1.65 bits per heavy atom. The third-order valence-electron chi connectivity index (χ3n) is 3.87. The Morgan fingerprint density at radius 1 is 1.12 bits per heavy atom. The van der Waals surface area contributed by atoms with Crippen LogP contribution in [0.15, 0.2) is 0 Å². The van der Waals surface area contributed by atoms with Gasteiger partial charge in [-0.15, -0.1) is 0 Å². The molecule has 1 amide bonds. The highest BCUT2D eigenvalue weighted by Crippen LogP contribution is 2.23. The number of carboxylic acid groups (broad SMARTS) is 1. The summed E-state index contributed by atoms with van der Waals surface area (Å²) in [6, 6.07) is 0. The van der Waals surface area contributed by atoms with Gasteiger partial charge in [0.15, 0.2) is 0 Å². The van der Waals surface area contributed by atoms with Crippen LogP contribution in [-0.2, 0) is 19.1 Å². The van der Waals surface area contributed by atoms with Gasteiger partial charge in [-0.05, 0) is 46.0 Å². The molecule has 0 aromatic carbocycles. The van der Waals surface area contributed by atoms with E-state index in [1.807, 2.05) is 6.92 Å². The Hall–Kier alpha value is -1.79. The van der Waals surface area contributed by atoms with Crippen LogP contribution in [0.4, 0.5) is 4.79 Å². The number of carbonyl (C=O) groups excluding carboxylic acids is 2. The number of carbonyl (C=O) groups is 3. The summed E-state index contributed by atoms with van der Waals surface area (Å²) in [7, 11) is 0. The van der Waals surface area contributed by atoms with Gasteiger partial charge in [-0.2, -0.15) is 0 Å². The van der Waals surface area contributed by atoms with E-state index >= 15 is 0 Å². The molecule has 1 aliphatic rings. The van der Waals surface area contributed by atoms with E-state index in [-0.39, 0.29) is 5.97 Å². The molecule has 1 atom stereocenters. The minimum Gasteiger partial charge on any atom is -0.481 e. The van der Waals surface area contributed by atoms with Crippen molar-refractivity contribution in [1.29, 1.82) is 0 Å². The molecule has 7 heteroatoms. The van der Waals surface area contributed by atoms with Crippen LogP contribution in [0.25, 0.3) is 0 Å². The Bertz CT molecular complexity index is 434. The number of nitrogens with one attached hydrogen (secondary N) is 1. The molecule has 1 rings (SSSR count). The number of alkyl carbamates (subject to hydrolysis) is 1. The van der Waals surface area contributed by atoms with Crippen LogP contribution in [-0.4, -0.2) is 36.0 Å².